The Balaban J connectivity index is 2.11. The van der Waals surface area contributed by atoms with Gasteiger partial charge in [0.05, 0.1) is 12.2 Å². The molecule has 0 aliphatic carbocycles. The van der Waals surface area contributed by atoms with E-state index in [0.717, 1.165) is 10.6 Å². The molecule has 4 heteroatoms. The lowest BCUT2D eigenvalue weighted by Crippen LogP contribution is -2.17. The summed E-state index contributed by atoms with van der Waals surface area (Å²) < 4.78 is 0. The number of nitrogen functional groups attached to an aromatic ring is 1. The van der Waals surface area contributed by atoms with Crippen LogP contribution in [0.2, 0.25) is 5.02 Å². The van der Waals surface area contributed by atoms with Crippen molar-refractivity contribution in [2.45, 2.75) is 6.54 Å². The van der Waals surface area contributed by atoms with Gasteiger partial charge in [-0.2, -0.15) is 0 Å². The van der Waals surface area contributed by atoms with Crippen molar-refractivity contribution in [1.29, 1.82) is 0 Å². The highest BCUT2D eigenvalue weighted by atomic mass is 35.5. The van der Waals surface area contributed by atoms with Crippen molar-refractivity contribution in [1.82, 2.24) is 0 Å². The van der Waals surface area contributed by atoms with Crippen LogP contribution in [0.5, 0.6) is 0 Å². The van der Waals surface area contributed by atoms with E-state index in [1.165, 1.54) is 0 Å². The third kappa shape index (κ3) is 3.12. The van der Waals surface area contributed by atoms with Crippen LogP contribution >= 0.6 is 11.6 Å². The summed E-state index contributed by atoms with van der Waals surface area (Å²) in [5.41, 5.74) is 7.94. The SMILES string of the molecule is Nc1ccc(CN(O)c2cccc(Cl)c2)cc1. The van der Waals surface area contributed by atoms with Crippen molar-refractivity contribution in [3.05, 3.63) is 59.1 Å². The third-order valence-corrected chi connectivity index (χ3v) is 2.65. The number of anilines is 2. The van der Waals surface area contributed by atoms with E-state index in [1.54, 1.807) is 36.4 Å². The third-order valence-electron chi connectivity index (χ3n) is 2.42. The van der Waals surface area contributed by atoms with Gasteiger partial charge in [0, 0.05) is 10.7 Å². The molecule has 88 valence electrons. The molecule has 3 N–H and O–H groups in total. The van der Waals surface area contributed by atoms with Crippen molar-refractivity contribution in [2.75, 3.05) is 10.8 Å². The molecule has 0 saturated heterocycles. The molecule has 0 radical (unpaired) electrons. The molecular weight excluding hydrogens is 236 g/mol. The molecule has 2 rings (SSSR count). The van der Waals surface area contributed by atoms with Crippen LogP contribution in [-0.4, -0.2) is 5.21 Å². The van der Waals surface area contributed by atoms with E-state index in [0.29, 0.717) is 22.9 Å². The molecular formula is C13H13ClN2O. The monoisotopic (exact) mass is 248 g/mol. The maximum atomic E-state index is 9.91. The van der Waals surface area contributed by atoms with Crippen molar-refractivity contribution in [3.8, 4) is 0 Å². The number of hydroxylamine groups is 1. The number of halogens is 1. The van der Waals surface area contributed by atoms with Crippen LogP contribution in [0, 0.1) is 0 Å². The molecule has 0 aromatic heterocycles. The Morgan fingerprint density at radius 2 is 1.82 bits per heavy atom. The van der Waals surface area contributed by atoms with E-state index >= 15 is 0 Å². The van der Waals surface area contributed by atoms with Gasteiger partial charge in [-0.25, -0.2) is 0 Å². The summed E-state index contributed by atoms with van der Waals surface area (Å²) in [7, 11) is 0. The smallest absolute Gasteiger partial charge is 0.0703 e. The Kier molecular flexibility index (Phi) is 3.52. The fourth-order valence-corrected chi connectivity index (χ4v) is 1.71. The van der Waals surface area contributed by atoms with Gasteiger partial charge < -0.3 is 5.73 Å². The van der Waals surface area contributed by atoms with Crippen molar-refractivity contribution >= 4 is 23.0 Å². The number of hydrogen-bond acceptors (Lipinski definition) is 3. The van der Waals surface area contributed by atoms with Gasteiger partial charge in [-0.15, -0.1) is 0 Å². The lowest BCUT2D eigenvalue weighted by molar-refractivity contribution is 0.250. The van der Waals surface area contributed by atoms with E-state index < -0.39 is 0 Å². The second-order valence-electron chi connectivity index (χ2n) is 3.78. The van der Waals surface area contributed by atoms with Crippen LogP contribution in [0.4, 0.5) is 11.4 Å². The molecule has 0 aliphatic rings. The van der Waals surface area contributed by atoms with Crippen molar-refractivity contribution in [3.63, 3.8) is 0 Å². The van der Waals surface area contributed by atoms with Crippen LogP contribution in [-0.2, 0) is 6.54 Å². The summed E-state index contributed by atoms with van der Waals surface area (Å²) in [6.07, 6.45) is 0. The van der Waals surface area contributed by atoms with Crippen LogP contribution in [0.25, 0.3) is 0 Å². The zero-order chi connectivity index (χ0) is 12.3. The van der Waals surface area contributed by atoms with E-state index in [1.807, 2.05) is 12.1 Å². The summed E-state index contributed by atoms with van der Waals surface area (Å²) in [5.74, 6) is 0. The first kappa shape index (κ1) is 11.8. The molecule has 0 amide bonds. The molecule has 0 fully saturated rings. The van der Waals surface area contributed by atoms with Crippen LogP contribution < -0.4 is 10.8 Å². The maximum Gasteiger partial charge on any atom is 0.0703 e. The van der Waals surface area contributed by atoms with Crippen molar-refractivity contribution in [2.24, 2.45) is 0 Å². The number of rotatable bonds is 3. The molecule has 2 aromatic rings. The van der Waals surface area contributed by atoms with E-state index in [2.05, 4.69) is 0 Å². The second-order valence-corrected chi connectivity index (χ2v) is 4.22. The first-order chi connectivity index (χ1) is 8.15. The fraction of sp³-hybridized carbons (Fsp3) is 0.0769. The largest absolute Gasteiger partial charge is 0.399 e. The summed E-state index contributed by atoms with van der Waals surface area (Å²) in [6.45, 7) is 0.390. The number of hydrogen-bond donors (Lipinski definition) is 2. The molecule has 0 bridgehead atoms. The van der Waals surface area contributed by atoms with Gasteiger partial charge in [0.15, 0.2) is 0 Å². The van der Waals surface area contributed by atoms with Crippen LogP contribution in [0.1, 0.15) is 5.56 Å². The topological polar surface area (TPSA) is 49.5 Å². The maximum absolute atomic E-state index is 9.91. The predicted octanol–water partition coefficient (Wildman–Crippen LogP) is 3.32. The standard InChI is InChI=1S/C13H13ClN2O/c14-11-2-1-3-13(8-11)16(17)9-10-4-6-12(15)7-5-10/h1-8,17H,9,15H2. The lowest BCUT2D eigenvalue weighted by atomic mass is 10.2. The number of nitrogens with zero attached hydrogens (tertiary/aromatic N) is 1. The summed E-state index contributed by atoms with van der Waals surface area (Å²) >= 11 is 5.86. The molecule has 3 nitrogen and oxygen atoms in total. The number of benzene rings is 2. The average molecular weight is 249 g/mol. The van der Waals surface area contributed by atoms with Gasteiger partial charge in [-0.05, 0) is 35.9 Å². The molecule has 0 aliphatic heterocycles. The zero-order valence-corrected chi connectivity index (χ0v) is 9.93. The minimum atomic E-state index is 0.390. The van der Waals surface area contributed by atoms with Gasteiger partial charge in [0.1, 0.15) is 0 Å². The second kappa shape index (κ2) is 5.08. The molecule has 0 spiro atoms. The van der Waals surface area contributed by atoms with E-state index in [-0.39, 0.29) is 0 Å². The van der Waals surface area contributed by atoms with E-state index in [9.17, 15) is 5.21 Å². The summed E-state index contributed by atoms with van der Waals surface area (Å²) in [5, 5.41) is 11.7. The van der Waals surface area contributed by atoms with Crippen molar-refractivity contribution < 1.29 is 5.21 Å². The molecule has 17 heavy (non-hydrogen) atoms. The minimum absolute atomic E-state index is 0.390. The zero-order valence-electron chi connectivity index (χ0n) is 9.18. The first-order valence-corrected chi connectivity index (χ1v) is 5.59. The first-order valence-electron chi connectivity index (χ1n) is 5.21. The van der Waals surface area contributed by atoms with Gasteiger partial charge in [0.2, 0.25) is 0 Å². The van der Waals surface area contributed by atoms with Gasteiger partial charge in [0.25, 0.3) is 0 Å². The van der Waals surface area contributed by atoms with Crippen LogP contribution in [0.3, 0.4) is 0 Å². The Morgan fingerprint density at radius 3 is 2.47 bits per heavy atom. The Hall–Kier alpha value is -1.71. The lowest BCUT2D eigenvalue weighted by Gasteiger charge is -2.17. The fourth-order valence-electron chi connectivity index (χ4n) is 1.52. The minimum Gasteiger partial charge on any atom is -0.399 e. The predicted molar refractivity (Wildman–Crippen MR) is 70.3 cm³/mol. The molecule has 2 aromatic carbocycles. The highest BCUT2D eigenvalue weighted by Gasteiger charge is 2.04. The van der Waals surface area contributed by atoms with E-state index in [4.69, 9.17) is 17.3 Å². The molecule has 0 saturated carbocycles. The quantitative estimate of drug-likeness (QED) is 0.647. The normalized spacial score (nSPS) is 10.2. The highest BCUT2D eigenvalue weighted by Crippen LogP contribution is 2.20. The summed E-state index contributed by atoms with van der Waals surface area (Å²) in [6, 6.07) is 14.4. The molecule has 0 heterocycles. The number of nitrogens with two attached hydrogens (primary N) is 1. The highest BCUT2D eigenvalue weighted by molar-refractivity contribution is 6.30. The van der Waals surface area contributed by atoms with Crippen LogP contribution in [0.15, 0.2) is 48.5 Å². The van der Waals surface area contributed by atoms with Gasteiger partial charge in [-0.3, -0.25) is 10.3 Å². The summed E-state index contributed by atoms with van der Waals surface area (Å²) in [4.78, 5) is 0. The Bertz CT molecular complexity index is 499. The van der Waals surface area contributed by atoms with Gasteiger partial charge in [-0.1, -0.05) is 29.8 Å². The average Bonchev–Trinajstić information content (AvgIpc) is 2.32. The molecule has 0 unspecified atom stereocenters. The molecule has 0 atom stereocenters. The Morgan fingerprint density at radius 1 is 1.12 bits per heavy atom. The Labute approximate surface area is 105 Å². The van der Waals surface area contributed by atoms with Gasteiger partial charge >= 0.3 is 0 Å².